The molecule has 2 amide bonds. The van der Waals surface area contributed by atoms with Gasteiger partial charge in [0.1, 0.15) is 24.7 Å². The number of carbonyl (C=O) groups excluding carboxylic acids is 3. The Bertz CT molecular complexity index is 3110. The van der Waals surface area contributed by atoms with Gasteiger partial charge in [-0.1, -0.05) is 60.7 Å². The van der Waals surface area contributed by atoms with Gasteiger partial charge in [-0.2, -0.15) is 26.3 Å². The monoisotopic (exact) mass is 1020 g/mol. The zero-order valence-electron chi connectivity index (χ0n) is 40.6. The summed E-state index contributed by atoms with van der Waals surface area (Å²) >= 11 is 0. The molecule has 8 rings (SSSR count). The molecule has 0 aliphatic heterocycles. The number of amides is 2. The van der Waals surface area contributed by atoms with Crippen LogP contribution < -0.4 is 20.1 Å². The predicted octanol–water partition coefficient (Wildman–Crippen LogP) is 14.5. The molecule has 3 N–H and O–H groups in total. The third-order valence-corrected chi connectivity index (χ3v) is 12.1. The van der Waals surface area contributed by atoms with Crippen LogP contribution in [0.1, 0.15) is 125 Å². The molecule has 0 heterocycles. The summed E-state index contributed by atoms with van der Waals surface area (Å²) in [6, 6.07) is 35.0. The van der Waals surface area contributed by atoms with Crippen molar-refractivity contribution in [1.82, 2.24) is 0 Å². The molecule has 2 aliphatic carbocycles. The first-order valence-electron chi connectivity index (χ1n) is 23.7. The molecule has 74 heavy (non-hydrogen) atoms. The van der Waals surface area contributed by atoms with Crippen LogP contribution in [0.2, 0.25) is 0 Å². The maximum atomic E-state index is 13.7. The highest BCUT2D eigenvalue weighted by Gasteiger charge is 2.34. The quantitative estimate of drug-likeness (QED) is 0.0682. The van der Waals surface area contributed by atoms with Gasteiger partial charge in [0.25, 0.3) is 0 Å². The van der Waals surface area contributed by atoms with Gasteiger partial charge in [-0.25, -0.2) is 9.59 Å². The number of anilines is 2. The van der Waals surface area contributed by atoms with E-state index in [2.05, 4.69) is 10.6 Å². The van der Waals surface area contributed by atoms with Crippen LogP contribution in [0, 0.1) is 0 Å². The van der Waals surface area contributed by atoms with Crippen molar-refractivity contribution in [2.24, 2.45) is 0 Å². The standard InChI is InChI=1S/C30H28F3NO4.C28H24F3NO4/c1-3-37-29(36)22-14-21(15-24(16-22)34-19(2)35)25-10-7-11-26(25)27-17-23(30(31,32)33)12-13-28(27)38-18-20-8-5-4-6-9-20;1-17(33)32-22-13-19(12-20(14-22)27(34)35)23-8-5-9-24(23)25-15-21(28(29,30)31)10-11-26(25)36-16-18-6-3-2-4-7-18/h4-6,8-9,12-17H,3,7,10-11,18H2,1-2H3,(H,34,35);2-4,6-7,10-15H,5,8-9,16H2,1H3,(H,32,33)(H,34,35). The maximum absolute atomic E-state index is 13.7. The van der Waals surface area contributed by atoms with E-state index in [-0.39, 0.29) is 42.8 Å². The lowest BCUT2D eigenvalue weighted by Crippen LogP contribution is -2.10. The molecule has 0 fully saturated rings. The highest BCUT2D eigenvalue weighted by Crippen LogP contribution is 2.47. The van der Waals surface area contributed by atoms with Crippen LogP contribution in [0.25, 0.3) is 22.3 Å². The average Bonchev–Trinajstić information content (AvgIpc) is 4.06. The Morgan fingerprint density at radius 3 is 1.32 bits per heavy atom. The van der Waals surface area contributed by atoms with Crippen molar-refractivity contribution in [3.8, 4) is 11.5 Å². The molecule has 0 radical (unpaired) electrons. The van der Waals surface area contributed by atoms with E-state index in [0.717, 1.165) is 53.0 Å². The second-order valence-electron chi connectivity index (χ2n) is 17.6. The number of ether oxygens (including phenoxy) is 3. The number of carboxylic acids is 1. The number of aromatic carboxylic acids is 1. The first kappa shape index (κ1) is 53.7. The van der Waals surface area contributed by atoms with E-state index in [1.807, 2.05) is 60.7 Å². The number of hydrogen-bond donors (Lipinski definition) is 3. The summed E-state index contributed by atoms with van der Waals surface area (Å²) in [6.45, 7) is 4.93. The van der Waals surface area contributed by atoms with Crippen LogP contribution in [0.3, 0.4) is 0 Å². The van der Waals surface area contributed by atoms with E-state index >= 15 is 0 Å². The molecule has 384 valence electrons. The predicted molar refractivity (Wildman–Crippen MR) is 270 cm³/mol. The van der Waals surface area contributed by atoms with Gasteiger partial charge >= 0.3 is 24.3 Å². The minimum absolute atomic E-state index is 0.0282. The Kier molecular flexibility index (Phi) is 17.1. The van der Waals surface area contributed by atoms with Crippen LogP contribution in [-0.2, 0) is 39.9 Å². The number of esters is 1. The first-order valence-corrected chi connectivity index (χ1v) is 23.7. The molecule has 0 bridgehead atoms. The number of hydrogen-bond acceptors (Lipinski definition) is 7. The highest BCUT2D eigenvalue weighted by atomic mass is 19.4. The number of benzene rings is 6. The Hall–Kier alpha value is -8.14. The zero-order chi connectivity index (χ0) is 53.2. The molecule has 2 aliphatic rings. The van der Waals surface area contributed by atoms with Crippen molar-refractivity contribution in [3.05, 3.63) is 189 Å². The Balaban J connectivity index is 0.000000217. The van der Waals surface area contributed by atoms with Gasteiger partial charge in [-0.3, -0.25) is 9.59 Å². The lowest BCUT2D eigenvalue weighted by atomic mass is 9.93. The summed E-state index contributed by atoms with van der Waals surface area (Å²) in [5.74, 6) is -1.73. The number of carbonyl (C=O) groups is 4. The molecule has 0 unspecified atom stereocenters. The Labute approximate surface area is 423 Å². The van der Waals surface area contributed by atoms with Crippen LogP contribution in [0.5, 0.6) is 11.5 Å². The molecule has 6 aromatic rings. The first-order chi connectivity index (χ1) is 35.3. The molecule has 0 saturated carbocycles. The summed E-state index contributed by atoms with van der Waals surface area (Å²) in [6.07, 6.45) is -5.46. The minimum atomic E-state index is -4.53. The van der Waals surface area contributed by atoms with Crippen molar-refractivity contribution in [3.63, 3.8) is 0 Å². The highest BCUT2D eigenvalue weighted by molar-refractivity contribution is 6.01. The maximum Gasteiger partial charge on any atom is 0.416 e. The smallest absolute Gasteiger partial charge is 0.416 e. The summed E-state index contributed by atoms with van der Waals surface area (Å²) < 4.78 is 99.1. The zero-order valence-corrected chi connectivity index (χ0v) is 40.6. The lowest BCUT2D eigenvalue weighted by Gasteiger charge is -2.18. The van der Waals surface area contributed by atoms with Gasteiger partial charge in [0, 0.05) is 36.3 Å². The molecular weight excluding hydrogens is 967 g/mol. The summed E-state index contributed by atoms with van der Waals surface area (Å²) in [7, 11) is 0. The van der Waals surface area contributed by atoms with Crippen molar-refractivity contribution in [1.29, 1.82) is 0 Å². The van der Waals surface area contributed by atoms with Crippen molar-refractivity contribution in [2.75, 3.05) is 17.2 Å². The van der Waals surface area contributed by atoms with E-state index in [4.69, 9.17) is 14.2 Å². The van der Waals surface area contributed by atoms with E-state index in [1.165, 1.54) is 44.2 Å². The Morgan fingerprint density at radius 1 is 0.527 bits per heavy atom. The van der Waals surface area contributed by atoms with Crippen LogP contribution in [0.4, 0.5) is 37.7 Å². The third-order valence-electron chi connectivity index (χ3n) is 12.1. The fourth-order valence-corrected chi connectivity index (χ4v) is 8.94. The van der Waals surface area contributed by atoms with Gasteiger partial charge in [-0.05, 0) is 163 Å². The lowest BCUT2D eigenvalue weighted by molar-refractivity contribution is -0.138. The van der Waals surface area contributed by atoms with Crippen LogP contribution >= 0.6 is 0 Å². The average molecular weight is 1020 g/mol. The second-order valence-corrected chi connectivity index (χ2v) is 17.6. The molecular formula is C58H52F6N2O8. The van der Waals surface area contributed by atoms with Gasteiger partial charge in [0.2, 0.25) is 11.8 Å². The SMILES string of the molecule is CC(=O)Nc1cc(C(=O)O)cc(C2=C(c3cc(C(F)(F)F)ccc3OCc3ccccc3)CCC2)c1.CCOC(=O)c1cc(NC(C)=O)cc(C2=C(c3cc(C(F)(F)F)ccc3OCc3ccccc3)CCC2)c1. The number of allylic oxidation sites excluding steroid dienone is 4. The number of rotatable bonds is 15. The fourth-order valence-electron chi connectivity index (χ4n) is 8.94. The molecule has 0 aromatic heterocycles. The second kappa shape index (κ2) is 23.6. The molecule has 16 heteroatoms. The summed E-state index contributed by atoms with van der Waals surface area (Å²) in [4.78, 5) is 47.6. The van der Waals surface area contributed by atoms with E-state index in [1.54, 1.807) is 25.1 Å². The summed E-state index contributed by atoms with van der Waals surface area (Å²) in [5, 5.41) is 14.9. The number of nitrogens with one attached hydrogen (secondary N) is 2. The summed E-state index contributed by atoms with van der Waals surface area (Å²) in [5.41, 5.74) is 5.92. The largest absolute Gasteiger partial charge is 0.488 e. The number of halogens is 6. The van der Waals surface area contributed by atoms with Crippen molar-refractivity contribution in [2.45, 2.75) is 84.9 Å². The molecule has 10 nitrogen and oxygen atoms in total. The third kappa shape index (κ3) is 13.9. The molecule has 0 saturated heterocycles. The number of alkyl halides is 6. The van der Waals surface area contributed by atoms with Gasteiger partial charge in [-0.15, -0.1) is 0 Å². The van der Waals surface area contributed by atoms with Gasteiger partial charge in [0.15, 0.2) is 0 Å². The number of carboxylic acid groups (broad SMARTS) is 1. The van der Waals surface area contributed by atoms with Crippen molar-refractivity contribution >= 4 is 57.4 Å². The van der Waals surface area contributed by atoms with E-state index in [0.29, 0.717) is 88.4 Å². The Morgan fingerprint density at radius 2 is 0.932 bits per heavy atom. The van der Waals surface area contributed by atoms with E-state index < -0.39 is 35.4 Å². The fraction of sp³-hybridized carbons (Fsp3) is 0.241. The topological polar surface area (TPSA) is 140 Å². The van der Waals surface area contributed by atoms with Crippen LogP contribution in [-0.4, -0.2) is 35.5 Å². The molecule has 0 atom stereocenters. The van der Waals surface area contributed by atoms with Crippen LogP contribution in [0.15, 0.2) is 133 Å². The normalized spacial score (nSPS) is 13.5. The van der Waals surface area contributed by atoms with E-state index in [9.17, 15) is 50.6 Å². The molecule has 0 spiro atoms. The van der Waals surface area contributed by atoms with Gasteiger partial charge in [0.05, 0.1) is 28.9 Å². The minimum Gasteiger partial charge on any atom is -0.488 e. The molecule has 6 aromatic carbocycles. The van der Waals surface area contributed by atoms with Gasteiger partial charge < -0.3 is 30.0 Å². The van der Waals surface area contributed by atoms with Crippen molar-refractivity contribution < 1.29 is 64.8 Å².